The average molecular weight is 943 g/mol. The van der Waals surface area contributed by atoms with Crippen molar-refractivity contribution in [3.8, 4) is 0 Å². The summed E-state index contributed by atoms with van der Waals surface area (Å²) in [5, 5.41) is 23.0. The molecule has 0 aromatic rings. The van der Waals surface area contributed by atoms with Crippen molar-refractivity contribution < 1.29 is 24.5 Å². The molecule has 0 spiro atoms. The molecule has 3 N–H and O–H groups in total. The van der Waals surface area contributed by atoms with E-state index in [0.29, 0.717) is 19.4 Å². The fraction of sp³-hybridized carbons (Fsp3) is 0.869. The van der Waals surface area contributed by atoms with Gasteiger partial charge in [0.15, 0.2) is 0 Å². The molecule has 394 valence electrons. The summed E-state index contributed by atoms with van der Waals surface area (Å²) in [7, 11) is 0. The second-order valence-electron chi connectivity index (χ2n) is 20.3. The third kappa shape index (κ3) is 53.3. The Hall–Kier alpha value is -1.92. The topological polar surface area (TPSA) is 95.9 Å². The molecule has 0 saturated heterocycles. The maximum absolute atomic E-state index is 12.4. The Bertz CT molecular complexity index is 1090. The van der Waals surface area contributed by atoms with Crippen LogP contribution in [0.1, 0.15) is 316 Å². The minimum absolute atomic E-state index is 0.00463. The van der Waals surface area contributed by atoms with Crippen LogP contribution in [0.15, 0.2) is 36.5 Å². The normalized spacial score (nSPS) is 12.8. The number of esters is 1. The standard InChI is InChI=1S/C61H115NO5/c1-3-5-7-9-11-13-34-39-43-47-51-55-61(66)67-56-52-48-44-40-36-33-31-29-27-25-23-21-19-17-15-16-18-20-22-24-26-28-30-32-35-38-42-46-50-54-60(65)62-58(57-63)59(64)53-49-45-41-37-14-12-10-8-6-4-2/h9,11,15,17,49,53,58-59,63-64H,3-8,10,12-14,16,18-48,50-52,54-57H2,1-2H3,(H,62,65)/b11-9-,17-15-,53-49+. The van der Waals surface area contributed by atoms with Crippen LogP contribution < -0.4 is 5.32 Å². The predicted molar refractivity (Wildman–Crippen MR) is 292 cm³/mol. The van der Waals surface area contributed by atoms with Crippen LogP contribution in [-0.4, -0.2) is 47.4 Å². The Morgan fingerprint density at radius 1 is 0.403 bits per heavy atom. The fourth-order valence-corrected chi connectivity index (χ4v) is 9.02. The van der Waals surface area contributed by atoms with E-state index in [4.69, 9.17) is 4.74 Å². The molecule has 0 heterocycles. The van der Waals surface area contributed by atoms with E-state index in [0.717, 1.165) is 44.9 Å². The minimum atomic E-state index is -0.842. The van der Waals surface area contributed by atoms with Gasteiger partial charge in [0.25, 0.3) is 0 Å². The van der Waals surface area contributed by atoms with Crippen LogP contribution in [0.25, 0.3) is 0 Å². The third-order valence-electron chi connectivity index (χ3n) is 13.6. The molecule has 2 unspecified atom stereocenters. The van der Waals surface area contributed by atoms with Gasteiger partial charge < -0.3 is 20.3 Å². The number of nitrogens with one attached hydrogen (secondary N) is 1. The molecule has 0 aliphatic heterocycles. The first-order chi connectivity index (χ1) is 33.0. The van der Waals surface area contributed by atoms with Crippen molar-refractivity contribution in [1.29, 1.82) is 0 Å². The second kappa shape index (κ2) is 56.7. The molecule has 1 amide bonds. The molecule has 0 rings (SSSR count). The number of carbonyl (C=O) groups is 2. The maximum atomic E-state index is 12.4. The van der Waals surface area contributed by atoms with Gasteiger partial charge in [-0.05, 0) is 77.0 Å². The monoisotopic (exact) mass is 942 g/mol. The van der Waals surface area contributed by atoms with Crippen LogP contribution in [0.2, 0.25) is 0 Å². The van der Waals surface area contributed by atoms with Gasteiger partial charge in [0.1, 0.15) is 0 Å². The number of hydrogen-bond acceptors (Lipinski definition) is 5. The Morgan fingerprint density at radius 2 is 0.716 bits per heavy atom. The molecule has 0 saturated carbocycles. The van der Waals surface area contributed by atoms with E-state index < -0.39 is 12.1 Å². The number of aliphatic hydroxyl groups is 2. The lowest BCUT2D eigenvalue weighted by Gasteiger charge is -2.20. The van der Waals surface area contributed by atoms with Gasteiger partial charge in [-0.3, -0.25) is 9.59 Å². The van der Waals surface area contributed by atoms with E-state index in [9.17, 15) is 19.8 Å². The third-order valence-corrected chi connectivity index (χ3v) is 13.6. The molecule has 0 aromatic heterocycles. The van der Waals surface area contributed by atoms with Crippen molar-refractivity contribution in [2.75, 3.05) is 13.2 Å². The number of amides is 1. The van der Waals surface area contributed by atoms with E-state index in [1.165, 1.54) is 244 Å². The van der Waals surface area contributed by atoms with Gasteiger partial charge in [0.2, 0.25) is 5.91 Å². The van der Waals surface area contributed by atoms with Crippen molar-refractivity contribution in [3.05, 3.63) is 36.5 Å². The molecule has 0 bridgehead atoms. The molecule has 0 aliphatic carbocycles. The summed E-state index contributed by atoms with van der Waals surface area (Å²) >= 11 is 0. The number of ether oxygens (including phenoxy) is 1. The lowest BCUT2D eigenvalue weighted by atomic mass is 10.0. The molecule has 2 atom stereocenters. The van der Waals surface area contributed by atoms with Crippen molar-refractivity contribution in [3.63, 3.8) is 0 Å². The number of rotatable bonds is 55. The summed E-state index contributed by atoms with van der Waals surface area (Å²) < 4.78 is 5.46. The Kier molecular flexibility index (Phi) is 55.0. The fourth-order valence-electron chi connectivity index (χ4n) is 9.02. The predicted octanol–water partition coefficient (Wildman–Crippen LogP) is 18.4. The highest BCUT2D eigenvalue weighted by Crippen LogP contribution is 2.17. The summed E-state index contributed by atoms with van der Waals surface area (Å²) in [6.45, 7) is 4.85. The highest BCUT2D eigenvalue weighted by atomic mass is 16.5. The molecule has 6 heteroatoms. The van der Waals surface area contributed by atoms with Gasteiger partial charge in [-0.15, -0.1) is 0 Å². The minimum Gasteiger partial charge on any atom is -0.466 e. The first-order valence-electron chi connectivity index (χ1n) is 29.8. The first kappa shape index (κ1) is 65.1. The molecular weight excluding hydrogens is 827 g/mol. The van der Waals surface area contributed by atoms with Crippen LogP contribution in [-0.2, 0) is 14.3 Å². The summed E-state index contributed by atoms with van der Waals surface area (Å²) in [5.74, 6) is -0.0642. The van der Waals surface area contributed by atoms with Gasteiger partial charge in [-0.1, -0.05) is 262 Å². The van der Waals surface area contributed by atoms with E-state index in [1.54, 1.807) is 6.08 Å². The Morgan fingerprint density at radius 3 is 1.10 bits per heavy atom. The number of allylic oxidation sites excluding steroid dienone is 5. The number of aliphatic hydroxyl groups excluding tert-OH is 2. The summed E-state index contributed by atoms with van der Waals surface area (Å²) in [6.07, 6.45) is 70.5. The number of unbranched alkanes of at least 4 members (excludes halogenated alkanes) is 40. The highest BCUT2D eigenvalue weighted by molar-refractivity contribution is 5.76. The zero-order valence-electron chi connectivity index (χ0n) is 44.9. The van der Waals surface area contributed by atoms with E-state index in [2.05, 4.69) is 43.5 Å². The number of hydrogen-bond donors (Lipinski definition) is 3. The largest absolute Gasteiger partial charge is 0.466 e. The molecule has 0 aliphatic rings. The lowest BCUT2D eigenvalue weighted by molar-refractivity contribution is -0.143. The molecule has 6 nitrogen and oxygen atoms in total. The van der Waals surface area contributed by atoms with Gasteiger partial charge in [-0.2, -0.15) is 0 Å². The van der Waals surface area contributed by atoms with Gasteiger partial charge >= 0.3 is 5.97 Å². The lowest BCUT2D eigenvalue weighted by Crippen LogP contribution is -2.45. The SMILES string of the molecule is CCCC/C=C\CCCCCCCC(=O)OCCCCCCCCCCCCCC/C=C\CCCCCCCCCCCCCCCC(=O)NC(CO)C(O)/C=C/CCCCCCCCCC. The van der Waals surface area contributed by atoms with E-state index >= 15 is 0 Å². The smallest absolute Gasteiger partial charge is 0.305 e. The molecule has 0 aromatic carbocycles. The quantitative estimate of drug-likeness (QED) is 0.0321. The molecule has 0 fully saturated rings. The van der Waals surface area contributed by atoms with Crippen molar-refractivity contribution in [1.82, 2.24) is 5.32 Å². The number of carbonyl (C=O) groups excluding carboxylic acids is 2. The summed E-state index contributed by atoms with van der Waals surface area (Å²) in [6, 6.07) is -0.625. The molecule has 67 heavy (non-hydrogen) atoms. The average Bonchev–Trinajstić information content (AvgIpc) is 3.33. The van der Waals surface area contributed by atoms with Crippen molar-refractivity contribution >= 4 is 11.9 Å². The van der Waals surface area contributed by atoms with E-state index in [1.807, 2.05) is 6.08 Å². The van der Waals surface area contributed by atoms with Crippen LogP contribution in [0.3, 0.4) is 0 Å². The van der Waals surface area contributed by atoms with Crippen LogP contribution >= 0.6 is 0 Å². The molecular formula is C61H115NO5. The van der Waals surface area contributed by atoms with E-state index in [-0.39, 0.29) is 18.5 Å². The van der Waals surface area contributed by atoms with Crippen molar-refractivity contribution in [2.24, 2.45) is 0 Å². The van der Waals surface area contributed by atoms with Gasteiger partial charge in [0, 0.05) is 12.8 Å². The molecule has 0 radical (unpaired) electrons. The Balaban J connectivity index is 3.37. The second-order valence-corrected chi connectivity index (χ2v) is 20.3. The zero-order valence-corrected chi connectivity index (χ0v) is 44.9. The van der Waals surface area contributed by atoms with Crippen LogP contribution in [0.5, 0.6) is 0 Å². The Labute approximate surface area is 417 Å². The van der Waals surface area contributed by atoms with Crippen LogP contribution in [0, 0.1) is 0 Å². The first-order valence-corrected chi connectivity index (χ1v) is 29.8. The van der Waals surface area contributed by atoms with Crippen molar-refractivity contribution in [2.45, 2.75) is 328 Å². The summed E-state index contributed by atoms with van der Waals surface area (Å²) in [4.78, 5) is 24.4. The highest BCUT2D eigenvalue weighted by Gasteiger charge is 2.18. The maximum Gasteiger partial charge on any atom is 0.305 e. The summed E-state index contributed by atoms with van der Waals surface area (Å²) in [5.41, 5.74) is 0. The van der Waals surface area contributed by atoms with Gasteiger partial charge in [-0.25, -0.2) is 0 Å². The van der Waals surface area contributed by atoms with Crippen LogP contribution in [0.4, 0.5) is 0 Å². The zero-order chi connectivity index (χ0) is 48.6. The van der Waals surface area contributed by atoms with Gasteiger partial charge in [0.05, 0.1) is 25.4 Å².